The molecule has 4 nitrogen and oxygen atoms in total. The summed E-state index contributed by atoms with van der Waals surface area (Å²) >= 11 is 3.26. The van der Waals surface area contributed by atoms with E-state index < -0.39 is 5.97 Å². The zero-order chi connectivity index (χ0) is 15.4. The molecule has 0 saturated heterocycles. The number of aliphatic carboxylic acids is 1. The van der Waals surface area contributed by atoms with Gasteiger partial charge in [0.15, 0.2) is 0 Å². The van der Waals surface area contributed by atoms with Gasteiger partial charge in [-0.05, 0) is 46.9 Å². The Morgan fingerprint density at radius 3 is 2.86 bits per heavy atom. The molecular weight excluding hydrogens is 339 g/mol. The lowest BCUT2D eigenvalue weighted by Gasteiger charge is -2.42. The average Bonchev–Trinajstić information content (AvgIpc) is 2.39. The van der Waals surface area contributed by atoms with E-state index in [-0.39, 0.29) is 12.4 Å². The van der Waals surface area contributed by atoms with Crippen molar-refractivity contribution in [2.75, 3.05) is 13.1 Å². The number of nitrogens with zero attached hydrogens (tertiary/aromatic N) is 1. The summed E-state index contributed by atoms with van der Waals surface area (Å²) in [5.74, 6) is -1.03. The van der Waals surface area contributed by atoms with Crippen LogP contribution in [0.4, 0.5) is 4.39 Å². The smallest absolute Gasteiger partial charge is 0.317 e. The maximum atomic E-state index is 13.4. The third-order valence-electron chi connectivity index (χ3n) is 3.99. The predicted octanol–water partition coefficient (Wildman–Crippen LogP) is 2.62. The largest absolute Gasteiger partial charge is 0.480 e. The van der Waals surface area contributed by atoms with Crippen LogP contribution in [-0.4, -0.2) is 41.1 Å². The second-order valence-electron chi connectivity index (χ2n) is 5.37. The molecule has 2 rings (SSSR count). The number of hydrogen-bond acceptors (Lipinski definition) is 3. The highest BCUT2D eigenvalue weighted by Gasteiger charge is 2.33. The van der Waals surface area contributed by atoms with Gasteiger partial charge in [0.2, 0.25) is 0 Å². The van der Waals surface area contributed by atoms with Gasteiger partial charge in [-0.2, -0.15) is 0 Å². The van der Waals surface area contributed by atoms with Crippen LogP contribution in [0.25, 0.3) is 0 Å². The second kappa shape index (κ2) is 7.33. The molecule has 0 radical (unpaired) electrons. The summed E-state index contributed by atoms with van der Waals surface area (Å²) in [6.45, 7) is 3.44. The van der Waals surface area contributed by atoms with Gasteiger partial charge in [-0.25, -0.2) is 4.39 Å². The Labute approximate surface area is 132 Å². The summed E-state index contributed by atoms with van der Waals surface area (Å²) in [6, 6.07) is 5.72. The van der Waals surface area contributed by atoms with Crippen LogP contribution < -0.4 is 5.32 Å². The van der Waals surface area contributed by atoms with Gasteiger partial charge in [0.25, 0.3) is 0 Å². The minimum absolute atomic E-state index is 0.101. The number of carbonyl (C=O) groups is 1. The van der Waals surface area contributed by atoms with Crippen LogP contribution in [0, 0.1) is 5.82 Å². The van der Waals surface area contributed by atoms with Crippen molar-refractivity contribution in [2.45, 2.75) is 38.4 Å². The van der Waals surface area contributed by atoms with Gasteiger partial charge in [0.1, 0.15) is 5.82 Å². The predicted molar refractivity (Wildman–Crippen MR) is 82.6 cm³/mol. The van der Waals surface area contributed by atoms with Crippen molar-refractivity contribution in [3.05, 3.63) is 34.1 Å². The van der Waals surface area contributed by atoms with Crippen molar-refractivity contribution in [3.63, 3.8) is 0 Å². The first-order chi connectivity index (χ1) is 10.0. The highest BCUT2D eigenvalue weighted by molar-refractivity contribution is 9.10. The van der Waals surface area contributed by atoms with Gasteiger partial charge in [0.05, 0.1) is 11.0 Å². The van der Waals surface area contributed by atoms with Gasteiger partial charge in [-0.15, -0.1) is 0 Å². The van der Waals surface area contributed by atoms with Gasteiger partial charge in [-0.1, -0.05) is 19.1 Å². The molecule has 116 valence electrons. The number of carboxylic acids is 1. The monoisotopic (exact) mass is 358 g/mol. The lowest BCUT2D eigenvalue weighted by atomic mass is 9.85. The molecule has 0 aliphatic heterocycles. The third-order valence-corrected chi connectivity index (χ3v) is 4.87. The van der Waals surface area contributed by atoms with Crippen LogP contribution in [0.5, 0.6) is 0 Å². The van der Waals surface area contributed by atoms with Crippen molar-refractivity contribution in [1.82, 2.24) is 10.2 Å². The molecule has 0 aromatic heterocycles. The van der Waals surface area contributed by atoms with E-state index >= 15 is 0 Å². The van der Waals surface area contributed by atoms with E-state index in [1.807, 2.05) is 17.9 Å². The molecule has 0 spiro atoms. The van der Waals surface area contributed by atoms with Gasteiger partial charge in [-0.3, -0.25) is 9.69 Å². The van der Waals surface area contributed by atoms with E-state index in [1.165, 1.54) is 6.07 Å². The van der Waals surface area contributed by atoms with Gasteiger partial charge < -0.3 is 10.4 Å². The Kier molecular flexibility index (Phi) is 5.72. The SMILES string of the molecule is CCN(CC(=O)O)C1CC(NCc2cccc(F)c2Br)C1. The quantitative estimate of drug-likeness (QED) is 0.786. The Hall–Kier alpha value is -0.980. The number of carboxylic acid groups (broad SMARTS) is 1. The first-order valence-electron chi connectivity index (χ1n) is 7.13. The molecule has 1 aliphatic carbocycles. The third kappa shape index (κ3) is 4.25. The van der Waals surface area contributed by atoms with Gasteiger partial charge >= 0.3 is 5.97 Å². The number of rotatable bonds is 7. The van der Waals surface area contributed by atoms with E-state index in [0.717, 1.165) is 24.9 Å². The number of hydrogen-bond donors (Lipinski definition) is 2. The van der Waals surface area contributed by atoms with Crippen LogP contribution in [-0.2, 0) is 11.3 Å². The minimum Gasteiger partial charge on any atom is -0.480 e. The maximum absolute atomic E-state index is 13.4. The minimum atomic E-state index is -0.781. The summed E-state index contributed by atoms with van der Waals surface area (Å²) in [6.07, 6.45) is 1.88. The fourth-order valence-electron chi connectivity index (χ4n) is 2.66. The van der Waals surface area contributed by atoms with Crippen LogP contribution in [0.1, 0.15) is 25.3 Å². The molecule has 0 unspecified atom stereocenters. The molecule has 1 aliphatic rings. The molecule has 6 heteroatoms. The zero-order valence-electron chi connectivity index (χ0n) is 12.0. The maximum Gasteiger partial charge on any atom is 0.317 e. The molecule has 21 heavy (non-hydrogen) atoms. The number of likely N-dealkylation sites (N-methyl/N-ethyl adjacent to an activating group) is 1. The molecular formula is C15H20BrFN2O2. The molecule has 0 bridgehead atoms. The second-order valence-corrected chi connectivity index (χ2v) is 6.17. The van der Waals surface area contributed by atoms with E-state index in [9.17, 15) is 9.18 Å². The van der Waals surface area contributed by atoms with Crippen molar-refractivity contribution in [1.29, 1.82) is 0 Å². The topological polar surface area (TPSA) is 52.6 Å². The summed E-state index contributed by atoms with van der Waals surface area (Å²) in [4.78, 5) is 12.8. The molecule has 1 aromatic rings. The highest BCUT2D eigenvalue weighted by Crippen LogP contribution is 2.27. The van der Waals surface area contributed by atoms with Gasteiger partial charge in [0, 0.05) is 18.6 Å². The Morgan fingerprint density at radius 1 is 1.52 bits per heavy atom. The van der Waals surface area contributed by atoms with Crippen LogP contribution >= 0.6 is 15.9 Å². The summed E-state index contributed by atoms with van der Waals surface area (Å²) in [7, 11) is 0. The van der Waals surface area contributed by atoms with Crippen LogP contribution in [0.15, 0.2) is 22.7 Å². The molecule has 1 saturated carbocycles. The number of benzene rings is 1. The fourth-order valence-corrected chi connectivity index (χ4v) is 3.07. The molecule has 0 atom stereocenters. The standard InChI is InChI=1S/C15H20BrFN2O2/c1-2-19(9-14(20)21)12-6-11(7-12)18-8-10-4-3-5-13(17)15(10)16/h3-5,11-12,18H,2,6-9H2,1H3,(H,20,21). The molecule has 1 fully saturated rings. The summed E-state index contributed by atoms with van der Waals surface area (Å²) < 4.78 is 13.9. The first kappa shape index (κ1) is 16.4. The number of halogens is 2. The lowest BCUT2D eigenvalue weighted by Crippen LogP contribution is -2.53. The van der Waals surface area contributed by atoms with Crippen LogP contribution in [0.2, 0.25) is 0 Å². The van der Waals surface area contributed by atoms with E-state index in [1.54, 1.807) is 6.07 Å². The fraction of sp³-hybridized carbons (Fsp3) is 0.533. The normalized spacial score (nSPS) is 21.3. The summed E-state index contributed by atoms with van der Waals surface area (Å²) in [5, 5.41) is 12.3. The average molecular weight is 359 g/mol. The van der Waals surface area contributed by atoms with Crippen molar-refractivity contribution in [2.24, 2.45) is 0 Å². The Morgan fingerprint density at radius 2 is 2.24 bits per heavy atom. The zero-order valence-corrected chi connectivity index (χ0v) is 13.6. The Bertz CT molecular complexity index is 506. The molecule has 2 N–H and O–H groups in total. The van der Waals surface area contributed by atoms with Crippen molar-refractivity contribution in [3.8, 4) is 0 Å². The lowest BCUT2D eigenvalue weighted by molar-refractivity contribution is -0.139. The Balaban J connectivity index is 1.78. The van der Waals surface area contributed by atoms with E-state index in [0.29, 0.717) is 23.1 Å². The van der Waals surface area contributed by atoms with E-state index in [4.69, 9.17) is 5.11 Å². The van der Waals surface area contributed by atoms with E-state index in [2.05, 4.69) is 21.2 Å². The van der Waals surface area contributed by atoms with Crippen LogP contribution in [0.3, 0.4) is 0 Å². The summed E-state index contributed by atoms with van der Waals surface area (Å²) in [5.41, 5.74) is 0.899. The van der Waals surface area contributed by atoms with Crippen molar-refractivity contribution < 1.29 is 14.3 Å². The van der Waals surface area contributed by atoms with Crippen molar-refractivity contribution >= 4 is 21.9 Å². The highest BCUT2D eigenvalue weighted by atomic mass is 79.9. The molecule has 0 heterocycles. The first-order valence-corrected chi connectivity index (χ1v) is 7.92. The molecule has 1 aromatic carbocycles. The molecule has 0 amide bonds. The number of nitrogens with one attached hydrogen (secondary N) is 1.